The molecule has 128 valence electrons. The number of aromatic nitrogens is 3. The van der Waals surface area contributed by atoms with Crippen molar-refractivity contribution in [3.63, 3.8) is 0 Å². The van der Waals surface area contributed by atoms with Crippen LogP contribution in [0.15, 0.2) is 67.0 Å². The lowest BCUT2D eigenvalue weighted by atomic mass is 10.1. The summed E-state index contributed by atoms with van der Waals surface area (Å²) in [5.74, 6) is 1.40. The summed E-state index contributed by atoms with van der Waals surface area (Å²) < 4.78 is 0. The van der Waals surface area contributed by atoms with Gasteiger partial charge in [-0.05, 0) is 42.8 Å². The Morgan fingerprint density at radius 1 is 1.00 bits per heavy atom. The van der Waals surface area contributed by atoms with Crippen LogP contribution in [-0.4, -0.2) is 20.1 Å². The number of phenols is 1. The highest BCUT2D eigenvalue weighted by Crippen LogP contribution is 2.31. The van der Waals surface area contributed by atoms with Gasteiger partial charge in [0.25, 0.3) is 0 Å². The molecule has 0 fully saturated rings. The molecule has 0 bridgehead atoms. The first-order chi connectivity index (χ1) is 12.7. The highest BCUT2D eigenvalue weighted by atomic mass is 16.3. The maximum atomic E-state index is 10.3. The monoisotopic (exact) mass is 342 g/mol. The molecule has 4 aromatic rings. The molecule has 2 N–H and O–H groups in total. The number of hydrogen-bond acceptors (Lipinski definition) is 5. The third-order valence-corrected chi connectivity index (χ3v) is 4.18. The number of benzene rings is 2. The molecule has 0 aliphatic carbocycles. The van der Waals surface area contributed by atoms with Crippen LogP contribution in [0.5, 0.6) is 5.75 Å². The third kappa shape index (κ3) is 3.19. The van der Waals surface area contributed by atoms with Gasteiger partial charge in [-0.25, -0.2) is 9.97 Å². The molecular weight excluding hydrogens is 324 g/mol. The van der Waals surface area contributed by atoms with Crippen LogP contribution in [0.2, 0.25) is 0 Å². The lowest BCUT2D eigenvalue weighted by Crippen LogP contribution is -2.04. The van der Waals surface area contributed by atoms with Crippen molar-refractivity contribution in [2.24, 2.45) is 0 Å². The summed E-state index contributed by atoms with van der Waals surface area (Å²) in [6.45, 7) is 2.58. The first-order valence-electron chi connectivity index (χ1n) is 8.40. The number of aromatic hydroxyl groups is 1. The molecule has 0 spiro atoms. The Morgan fingerprint density at radius 3 is 2.73 bits per heavy atom. The molecule has 26 heavy (non-hydrogen) atoms. The van der Waals surface area contributed by atoms with E-state index >= 15 is 0 Å². The van der Waals surface area contributed by atoms with Gasteiger partial charge in [-0.3, -0.25) is 4.98 Å². The number of pyridine rings is 1. The lowest BCUT2D eigenvalue weighted by Gasteiger charge is -2.12. The summed E-state index contributed by atoms with van der Waals surface area (Å²) in [6, 6.07) is 17.2. The van der Waals surface area contributed by atoms with Gasteiger partial charge in [0.2, 0.25) is 0 Å². The van der Waals surface area contributed by atoms with Gasteiger partial charge in [-0.1, -0.05) is 29.8 Å². The lowest BCUT2D eigenvalue weighted by molar-refractivity contribution is 0.477. The zero-order chi connectivity index (χ0) is 17.9. The molecule has 0 aliphatic rings. The van der Waals surface area contributed by atoms with E-state index in [9.17, 15) is 5.11 Å². The predicted molar refractivity (Wildman–Crippen MR) is 103 cm³/mol. The second-order valence-corrected chi connectivity index (χ2v) is 6.15. The number of nitrogens with zero attached hydrogens (tertiary/aromatic N) is 3. The zero-order valence-corrected chi connectivity index (χ0v) is 14.3. The fourth-order valence-electron chi connectivity index (χ4n) is 2.85. The summed E-state index contributed by atoms with van der Waals surface area (Å²) in [6.07, 6.45) is 3.58. The van der Waals surface area contributed by atoms with Crippen molar-refractivity contribution < 1.29 is 5.11 Å². The molecule has 0 saturated heterocycles. The minimum Gasteiger partial charge on any atom is -0.507 e. The molecule has 0 radical (unpaired) electrons. The molecule has 0 unspecified atom stereocenters. The van der Waals surface area contributed by atoms with Gasteiger partial charge in [0.1, 0.15) is 11.6 Å². The zero-order valence-electron chi connectivity index (χ0n) is 14.3. The van der Waals surface area contributed by atoms with Crippen LogP contribution in [0.4, 0.5) is 5.82 Å². The number of nitrogens with one attached hydrogen (secondary N) is 1. The van der Waals surface area contributed by atoms with Gasteiger partial charge in [-0.2, -0.15) is 0 Å². The first kappa shape index (κ1) is 16.0. The minimum atomic E-state index is 0.170. The summed E-state index contributed by atoms with van der Waals surface area (Å²) in [4.78, 5) is 13.5. The van der Waals surface area contributed by atoms with E-state index in [0.717, 1.165) is 27.8 Å². The third-order valence-electron chi connectivity index (χ3n) is 4.18. The smallest absolute Gasteiger partial charge is 0.165 e. The first-order valence-corrected chi connectivity index (χ1v) is 8.40. The van der Waals surface area contributed by atoms with Crippen LogP contribution in [-0.2, 0) is 6.54 Å². The Balaban J connectivity index is 1.79. The molecule has 5 heteroatoms. The topological polar surface area (TPSA) is 70.9 Å². The van der Waals surface area contributed by atoms with Gasteiger partial charge >= 0.3 is 0 Å². The Bertz CT molecular complexity index is 1060. The summed E-state index contributed by atoms with van der Waals surface area (Å²) in [7, 11) is 0. The standard InChI is InChI=1S/C21H18N4O/c1-14-8-9-19(26)17(11-14)21-24-18-7-3-2-6-16(18)20(25-21)23-13-15-5-4-10-22-12-15/h2-12,26H,13H2,1H3,(H,23,24,25). The molecule has 4 rings (SSSR count). The second kappa shape index (κ2) is 6.80. The maximum Gasteiger partial charge on any atom is 0.165 e. The number of hydrogen-bond donors (Lipinski definition) is 2. The van der Waals surface area contributed by atoms with E-state index in [1.807, 2.05) is 61.7 Å². The SMILES string of the molecule is Cc1ccc(O)c(-c2nc(NCc3cccnc3)c3ccccc3n2)c1. The summed E-state index contributed by atoms with van der Waals surface area (Å²) >= 11 is 0. The molecule has 0 aliphatic heterocycles. The van der Waals surface area contributed by atoms with E-state index < -0.39 is 0 Å². The van der Waals surface area contributed by atoms with Gasteiger partial charge in [0.05, 0.1) is 11.1 Å². The quantitative estimate of drug-likeness (QED) is 0.578. The van der Waals surface area contributed by atoms with Crippen LogP contribution >= 0.6 is 0 Å². The number of anilines is 1. The predicted octanol–water partition coefficient (Wildman–Crippen LogP) is 4.32. The highest BCUT2D eigenvalue weighted by Gasteiger charge is 2.12. The highest BCUT2D eigenvalue weighted by molar-refractivity contribution is 5.90. The van der Waals surface area contributed by atoms with Gasteiger partial charge < -0.3 is 10.4 Å². The van der Waals surface area contributed by atoms with Crippen LogP contribution < -0.4 is 5.32 Å². The van der Waals surface area contributed by atoms with Crippen molar-refractivity contribution in [1.82, 2.24) is 15.0 Å². The number of phenolic OH excluding ortho intramolecular Hbond substituents is 1. The molecule has 2 aromatic carbocycles. The van der Waals surface area contributed by atoms with E-state index in [0.29, 0.717) is 17.9 Å². The van der Waals surface area contributed by atoms with Crippen LogP contribution in [0.3, 0.4) is 0 Å². The van der Waals surface area contributed by atoms with Gasteiger partial charge in [-0.15, -0.1) is 0 Å². The molecule has 0 atom stereocenters. The average Bonchev–Trinajstić information content (AvgIpc) is 2.68. The summed E-state index contributed by atoms with van der Waals surface area (Å²) in [5, 5.41) is 14.6. The fourth-order valence-corrected chi connectivity index (χ4v) is 2.85. The average molecular weight is 342 g/mol. The van der Waals surface area contributed by atoms with Gasteiger partial charge in [0, 0.05) is 24.3 Å². The van der Waals surface area contributed by atoms with E-state index in [4.69, 9.17) is 0 Å². The minimum absolute atomic E-state index is 0.170. The van der Waals surface area contributed by atoms with Crippen molar-refractivity contribution in [3.05, 3.63) is 78.1 Å². The molecular formula is C21H18N4O. The molecule has 2 heterocycles. The molecule has 5 nitrogen and oxygen atoms in total. The number of fused-ring (bicyclic) bond motifs is 1. The summed E-state index contributed by atoms with van der Waals surface area (Å²) in [5.41, 5.74) is 3.56. The van der Waals surface area contributed by atoms with Crippen molar-refractivity contribution in [1.29, 1.82) is 0 Å². The van der Waals surface area contributed by atoms with Crippen molar-refractivity contribution in [2.45, 2.75) is 13.5 Å². The van der Waals surface area contributed by atoms with E-state index in [1.54, 1.807) is 12.3 Å². The Morgan fingerprint density at radius 2 is 1.88 bits per heavy atom. The number of rotatable bonds is 4. The Labute approximate surface area is 151 Å². The fraction of sp³-hybridized carbons (Fsp3) is 0.0952. The number of para-hydroxylation sites is 1. The molecule has 0 amide bonds. The van der Waals surface area contributed by atoms with E-state index in [2.05, 4.69) is 20.3 Å². The second-order valence-electron chi connectivity index (χ2n) is 6.15. The Kier molecular flexibility index (Phi) is 4.19. The number of aryl methyl sites for hydroxylation is 1. The van der Waals surface area contributed by atoms with Crippen molar-refractivity contribution in [2.75, 3.05) is 5.32 Å². The molecule has 0 saturated carbocycles. The van der Waals surface area contributed by atoms with Gasteiger partial charge in [0.15, 0.2) is 5.82 Å². The van der Waals surface area contributed by atoms with Crippen molar-refractivity contribution in [3.8, 4) is 17.1 Å². The maximum absolute atomic E-state index is 10.3. The van der Waals surface area contributed by atoms with Crippen molar-refractivity contribution >= 4 is 16.7 Å². The van der Waals surface area contributed by atoms with Crippen LogP contribution in [0, 0.1) is 6.92 Å². The normalized spacial score (nSPS) is 10.8. The largest absolute Gasteiger partial charge is 0.507 e. The van der Waals surface area contributed by atoms with Crippen LogP contribution in [0.1, 0.15) is 11.1 Å². The molecule has 2 aromatic heterocycles. The van der Waals surface area contributed by atoms with E-state index in [1.165, 1.54) is 0 Å². The van der Waals surface area contributed by atoms with E-state index in [-0.39, 0.29) is 5.75 Å². The Hall–Kier alpha value is -3.47. The van der Waals surface area contributed by atoms with Crippen LogP contribution in [0.25, 0.3) is 22.3 Å².